The predicted octanol–water partition coefficient (Wildman–Crippen LogP) is 12.8. The molecule has 0 fully saturated rings. The van der Waals surface area contributed by atoms with E-state index in [9.17, 15) is 0 Å². The van der Waals surface area contributed by atoms with Crippen molar-refractivity contribution >= 4 is 54.5 Å². The van der Waals surface area contributed by atoms with Crippen LogP contribution in [0.15, 0.2) is 180 Å². The molecule has 8 aromatic carbocycles. The molecule has 0 atom stereocenters. The summed E-state index contributed by atoms with van der Waals surface area (Å²) in [4.78, 5) is 0. The van der Waals surface area contributed by atoms with Crippen molar-refractivity contribution in [1.82, 2.24) is 4.57 Å². The second-order valence-electron chi connectivity index (χ2n) is 12.6. The number of fused-ring (bicyclic) bond motifs is 8. The molecular weight excluding hydrogens is 583 g/mol. The lowest BCUT2D eigenvalue weighted by Gasteiger charge is -2.13. The minimum Gasteiger partial charge on any atom is -0.456 e. The van der Waals surface area contributed by atoms with Crippen molar-refractivity contribution in [3.8, 4) is 39.1 Å². The van der Waals surface area contributed by atoms with Crippen LogP contribution in [0.3, 0.4) is 0 Å². The molecule has 0 aliphatic rings. The van der Waals surface area contributed by atoms with Crippen LogP contribution in [-0.4, -0.2) is 4.57 Å². The molecule has 2 nitrogen and oxygen atoms in total. The number of benzene rings is 8. The third-order valence-electron chi connectivity index (χ3n) is 9.76. The van der Waals surface area contributed by atoms with E-state index in [1.54, 1.807) is 0 Å². The fourth-order valence-corrected chi connectivity index (χ4v) is 7.48. The molecule has 0 aliphatic carbocycles. The molecule has 224 valence electrons. The molecule has 48 heavy (non-hydrogen) atoms. The van der Waals surface area contributed by atoms with Crippen molar-refractivity contribution in [3.63, 3.8) is 0 Å². The fourth-order valence-electron chi connectivity index (χ4n) is 7.48. The lowest BCUT2D eigenvalue weighted by atomic mass is 9.93. The minimum absolute atomic E-state index is 0.923. The van der Waals surface area contributed by atoms with E-state index in [4.69, 9.17) is 4.42 Å². The van der Waals surface area contributed by atoms with E-state index in [0.29, 0.717) is 0 Å². The minimum atomic E-state index is 0.923. The third kappa shape index (κ3) is 4.20. The molecule has 2 heteroatoms. The van der Waals surface area contributed by atoms with E-state index in [1.807, 2.05) is 12.1 Å². The van der Waals surface area contributed by atoms with Gasteiger partial charge in [0.15, 0.2) is 0 Å². The lowest BCUT2D eigenvalue weighted by Crippen LogP contribution is -1.94. The zero-order valence-electron chi connectivity index (χ0n) is 26.1. The highest BCUT2D eigenvalue weighted by Gasteiger charge is 2.17. The summed E-state index contributed by atoms with van der Waals surface area (Å²) in [5.74, 6) is 0. The van der Waals surface area contributed by atoms with E-state index < -0.39 is 0 Å². The van der Waals surface area contributed by atoms with Crippen LogP contribution in [0, 0.1) is 0 Å². The highest BCUT2D eigenvalue weighted by Crippen LogP contribution is 2.41. The summed E-state index contributed by atoms with van der Waals surface area (Å²) in [6.07, 6.45) is 0. The van der Waals surface area contributed by atoms with Crippen LogP contribution < -0.4 is 0 Å². The Hall–Kier alpha value is -6.38. The lowest BCUT2D eigenvalue weighted by molar-refractivity contribution is 0.669. The van der Waals surface area contributed by atoms with Gasteiger partial charge in [-0.3, -0.25) is 0 Å². The van der Waals surface area contributed by atoms with Crippen LogP contribution in [0.1, 0.15) is 0 Å². The van der Waals surface area contributed by atoms with Crippen LogP contribution in [0.25, 0.3) is 93.6 Å². The first-order chi connectivity index (χ1) is 23.8. The van der Waals surface area contributed by atoms with E-state index in [0.717, 1.165) is 27.6 Å². The molecule has 0 amide bonds. The number of para-hydroxylation sites is 2. The molecule has 0 spiro atoms. The van der Waals surface area contributed by atoms with Crippen molar-refractivity contribution in [1.29, 1.82) is 0 Å². The Labute approximate surface area is 277 Å². The van der Waals surface area contributed by atoms with E-state index in [2.05, 4.69) is 168 Å². The third-order valence-corrected chi connectivity index (χ3v) is 9.76. The van der Waals surface area contributed by atoms with Gasteiger partial charge in [0.25, 0.3) is 0 Å². The maximum Gasteiger partial charge on any atom is 0.136 e. The van der Waals surface area contributed by atoms with Crippen molar-refractivity contribution in [3.05, 3.63) is 176 Å². The van der Waals surface area contributed by atoms with E-state index in [1.165, 1.54) is 66.0 Å². The average Bonchev–Trinajstić information content (AvgIpc) is 3.70. The largest absolute Gasteiger partial charge is 0.456 e. The smallest absolute Gasteiger partial charge is 0.136 e. The van der Waals surface area contributed by atoms with Gasteiger partial charge < -0.3 is 8.98 Å². The second-order valence-corrected chi connectivity index (χ2v) is 12.6. The molecule has 0 aliphatic heterocycles. The Kier molecular flexibility index (Phi) is 5.91. The number of rotatable bonds is 4. The maximum absolute atomic E-state index is 6.24. The SMILES string of the molecule is c1ccc(-c2cc(-c3ccccc3)cc(-c3ccc(-n4c5ccccc5c5c6cc7c(cc6ccc54)oc4ccccc47)cc3)c2)cc1. The molecular formula is C46H29NO. The first-order valence-corrected chi connectivity index (χ1v) is 16.4. The summed E-state index contributed by atoms with van der Waals surface area (Å²) in [6, 6.07) is 63.3. The Morgan fingerprint density at radius 3 is 1.60 bits per heavy atom. The number of furan rings is 1. The summed E-state index contributed by atoms with van der Waals surface area (Å²) in [7, 11) is 0. The van der Waals surface area contributed by atoms with Crippen molar-refractivity contribution in [2.24, 2.45) is 0 Å². The summed E-state index contributed by atoms with van der Waals surface area (Å²) in [5, 5.41) is 7.24. The zero-order valence-corrected chi connectivity index (χ0v) is 26.1. The molecule has 10 aromatic rings. The first-order valence-electron chi connectivity index (χ1n) is 16.4. The van der Waals surface area contributed by atoms with Crippen LogP contribution in [0.2, 0.25) is 0 Å². The molecule has 0 saturated heterocycles. The summed E-state index contributed by atoms with van der Waals surface area (Å²) in [6.45, 7) is 0. The summed E-state index contributed by atoms with van der Waals surface area (Å²) in [5.41, 5.74) is 12.6. The van der Waals surface area contributed by atoms with E-state index in [-0.39, 0.29) is 0 Å². The van der Waals surface area contributed by atoms with Gasteiger partial charge in [-0.1, -0.05) is 115 Å². The Morgan fingerprint density at radius 2 is 0.917 bits per heavy atom. The quantitative estimate of drug-likeness (QED) is 0.194. The van der Waals surface area contributed by atoms with Crippen molar-refractivity contribution in [2.75, 3.05) is 0 Å². The van der Waals surface area contributed by atoms with Crippen molar-refractivity contribution < 1.29 is 4.42 Å². The molecule has 2 heterocycles. The van der Waals surface area contributed by atoms with Gasteiger partial charge in [0.1, 0.15) is 11.2 Å². The van der Waals surface area contributed by atoms with Gasteiger partial charge in [0.2, 0.25) is 0 Å². The normalized spacial score (nSPS) is 11.8. The standard InChI is InChI=1S/C46H29NO/c1-3-11-30(12-4-1)34-25-35(31-13-5-2-6-14-31)27-36(26-34)32-19-22-37(23-20-32)47-42-17-9-7-16-39(42)46-40-29-41-38-15-8-10-18-44(38)48-45(41)28-33(40)21-24-43(46)47/h1-29H. The van der Waals surface area contributed by atoms with Gasteiger partial charge in [0, 0.05) is 27.2 Å². The molecule has 0 saturated carbocycles. The second kappa shape index (κ2) is 10.6. The zero-order chi connectivity index (χ0) is 31.6. The van der Waals surface area contributed by atoms with Crippen LogP contribution in [-0.2, 0) is 0 Å². The molecule has 0 bridgehead atoms. The average molecular weight is 612 g/mol. The molecule has 10 rings (SSSR count). The molecule has 0 unspecified atom stereocenters. The van der Waals surface area contributed by atoms with E-state index >= 15 is 0 Å². The Bertz CT molecular complexity index is 2750. The van der Waals surface area contributed by atoms with Gasteiger partial charge in [-0.05, 0) is 105 Å². The maximum atomic E-state index is 6.24. The topological polar surface area (TPSA) is 18.1 Å². The Balaban J connectivity index is 1.14. The number of hydrogen-bond donors (Lipinski definition) is 0. The summed E-state index contributed by atoms with van der Waals surface area (Å²) < 4.78 is 8.65. The monoisotopic (exact) mass is 611 g/mol. The van der Waals surface area contributed by atoms with Crippen LogP contribution in [0.5, 0.6) is 0 Å². The number of hydrogen-bond acceptors (Lipinski definition) is 1. The fraction of sp³-hybridized carbons (Fsp3) is 0. The van der Waals surface area contributed by atoms with Gasteiger partial charge in [-0.15, -0.1) is 0 Å². The molecule has 0 radical (unpaired) electrons. The molecule has 0 N–H and O–H groups in total. The predicted molar refractivity (Wildman–Crippen MR) is 202 cm³/mol. The van der Waals surface area contributed by atoms with Crippen LogP contribution >= 0.6 is 0 Å². The Morgan fingerprint density at radius 1 is 0.333 bits per heavy atom. The first kappa shape index (κ1) is 26.8. The van der Waals surface area contributed by atoms with Gasteiger partial charge in [-0.2, -0.15) is 0 Å². The van der Waals surface area contributed by atoms with Gasteiger partial charge in [-0.25, -0.2) is 0 Å². The number of aromatic nitrogens is 1. The van der Waals surface area contributed by atoms with Crippen LogP contribution in [0.4, 0.5) is 0 Å². The van der Waals surface area contributed by atoms with Gasteiger partial charge >= 0.3 is 0 Å². The number of nitrogens with zero attached hydrogens (tertiary/aromatic N) is 1. The highest BCUT2D eigenvalue weighted by atomic mass is 16.3. The van der Waals surface area contributed by atoms with Crippen molar-refractivity contribution in [2.45, 2.75) is 0 Å². The molecule has 2 aromatic heterocycles. The summed E-state index contributed by atoms with van der Waals surface area (Å²) >= 11 is 0. The van der Waals surface area contributed by atoms with Gasteiger partial charge in [0.05, 0.1) is 11.0 Å². The highest BCUT2D eigenvalue weighted by molar-refractivity contribution is 6.24.